The van der Waals surface area contributed by atoms with E-state index in [-0.39, 0.29) is 18.0 Å². The smallest absolute Gasteiger partial charge is 0.416 e. The Balaban J connectivity index is 1.86. The molecule has 2 aromatic carbocycles. The van der Waals surface area contributed by atoms with Gasteiger partial charge in [0.1, 0.15) is 0 Å². The van der Waals surface area contributed by atoms with Gasteiger partial charge >= 0.3 is 12.1 Å². The van der Waals surface area contributed by atoms with E-state index in [0.717, 1.165) is 24.3 Å². The van der Waals surface area contributed by atoms with E-state index in [2.05, 4.69) is 10.6 Å². The molecular weight excluding hydrogens is 389 g/mol. The molecule has 0 aromatic heterocycles. The van der Waals surface area contributed by atoms with Gasteiger partial charge in [0.25, 0.3) is 5.91 Å². The normalized spacial score (nSPS) is 12.0. The second-order valence-electron chi connectivity index (χ2n) is 6.25. The summed E-state index contributed by atoms with van der Waals surface area (Å²) in [5.41, 5.74) is 0.525. The molecule has 0 radical (unpaired) electrons. The van der Waals surface area contributed by atoms with Crippen molar-refractivity contribution in [2.24, 2.45) is 0 Å². The fraction of sp³-hybridized carbons (Fsp3) is 0.250. The Bertz CT molecular complexity index is 878. The van der Waals surface area contributed by atoms with Crippen molar-refractivity contribution >= 4 is 29.2 Å². The summed E-state index contributed by atoms with van der Waals surface area (Å²) in [5, 5.41) is 4.99. The van der Waals surface area contributed by atoms with E-state index in [4.69, 9.17) is 4.74 Å². The van der Waals surface area contributed by atoms with E-state index in [1.807, 2.05) is 0 Å². The number of hydrogen-bond acceptors (Lipinski definition) is 4. The summed E-state index contributed by atoms with van der Waals surface area (Å²) < 4.78 is 42.7. The third kappa shape index (κ3) is 6.95. The van der Waals surface area contributed by atoms with Gasteiger partial charge in [0.15, 0.2) is 6.10 Å². The zero-order valence-corrected chi connectivity index (χ0v) is 15.7. The predicted octanol–water partition coefficient (Wildman–Crippen LogP) is 3.78. The minimum absolute atomic E-state index is 0.0851. The Morgan fingerprint density at radius 2 is 1.45 bits per heavy atom. The number of amides is 2. The van der Waals surface area contributed by atoms with E-state index >= 15 is 0 Å². The highest BCUT2D eigenvalue weighted by Crippen LogP contribution is 2.29. The molecule has 0 heterocycles. The van der Waals surface area contributed by atoms with Gasteiger partial charge in [0.05, 0.1) is 12.0 Å². The maximum absolute atomic E-state index is 12.5. The molecule has 9 heteroatoms. The molecule has 2 aromatic rings. The number of rotatable bonds is 6. The first-order valence-corrected chi connectivity index (χ1v) is 8.59. The highest BCUT2D eigenvalue weighted by molar-refractivity contribution is 5.95. The number of alkyl halides is 3. The highest BCUT2D eigenvalue weighted by atomic mass is 19.4. The molecule has 1 atom stereocenters. The van der Waals surface area contributed by atoms with Crippen LogP contribution in [0.3, 0.4) is 0 Å². The molecule has 0 aliphatic heterocycles. The summed E-state index contributed by atoms with van der Waals surface area (Å²) in [6.45, 7) is 2.74. The third-order valence-corrected chi connectivity index (χ3v) is 3.78. The number of anilines is 2. The molecule has 0 bridgehead atoms. The van der Waals surface area contributed by atoms with Gasteiger partial charge in [0.2, 0.25) is 5.91 Å². The molecule has 6 nitrogen and oxygen atoms in total. The Labute approximate surface area is 165 Å². The Morgan fingerprint density at radius 3 is 1.97 bits per heavy atom. The molecule has 0 spiro atoms. The molecule has 2 rings (SSSR count). The maximum Gasteiger partial charge on any atom is 0.416 e. The first-order chi connectivity index (χ1) is 13.5. The summed E-state index contributed by atoms with van der Waals surface area (Å²) in [7, 11) is 0. The zero-order valence-electron chi connectivity index (χ0n) is 15.7. The number of hydrogen-bond donors (Lipinski definition) is 2. The number of benzene rings is 2. The summed E-state index contributed by atoms with van der Waals surface area (Å²) >= 11 is 0. The van der Waals surface area contributed by atoms with E-state index < -0.39 is 29.7 Å². The lowest BCUT2D eigenvalue weighted by atomic mass is 10.1. The molecular formula is C20H19F3N2O4. The lowest BCUT2D eigenvalue weighted by Gasteiger charge is -2.14. The van der Waals surface area contributed by atoms with Gasteiger partial charge in [-0.25, -0.2) is 0 Å². The zero-order chi connectivity index (χ0) is 21.6. The van der Waals surface area contributed by atoms with Crippen LogP contribution in [0, 0.1) is 0 Å². The number of halogens is 3. The predicted molar refractivity (Wildman–Crippen MR) is 100 cm³/mol. The first kappa shape index (κ1) is 21.9. The van der Waals surface area contributed by atoms with Gasteiger partial charge in [-0.3, -0.25) is 14.4 Å². The summed E-state index contributed by atoms with van der Waals surface area (Å²) in [4.78, 5) is 35.1. The number of ether oxygens (including phenoxy) is 1. The van der Waals surface area contributed by atoms with Gasteiger partial charge in [-0.2, -0.15) is 13.2 Å². The average Bonchev–Trinajstić information content (AvgIpc) is 2.62. The lowest BCUT2D eigenvalue weighted by Crippen LogP contribution is -2.30. The number of esters is 1. The molecule has 0 unspecified atom stereocenters. The fourth-order valence-corrected chi connectivity index (χ4v) is 2.35. The van der Waals surface area contributed by atoms with Crippen molar-refractivity contribution in [3.05, 3.63) is 59.7 Å². The Kier molecular flexibility index (Phi) is 6.98. The molecule has 29 heavy (non-hydrogen) atoms. The van der Waals surface area contributed by atoms with Crippen LogP contribution in [0.15, 0.2) is 48.5 Å². The maximum atomic E-state index is 12.5. The second-order valence-corrected chi connectivity index (χ2v) is 6.25. The van der Waals surface area contributed by atoms with Crippen LogP contribution in [0.2, 0.25) is 0 Å². The summed E-state index contributed by atoms with van der Waals surface area (Å²) in [5.74, 6) is -1.53. The van der Waals surface area contributed by atoms with E-state index in [1.54, 1.807) is 24.3 Å². The Hall–Kier alpha value is -3.36. The van der Waals surface area contributed by atoms with Crippen LogP contribution in [0.5, 0.6) is 0 Å². The quantitative estimate of drug-likeness (QED) is 0.713. The van der Waals surface area contributed by atoms with Gasteiger partial charge in [0, 0.05) is 18.3 Å². The molecule has 0 saturated carbocycles. The van der Waals surface area contributed by atoms with Gasteiger partial charge in [-0.1, -0.05) is 12.1 Å². The van der Waals surface area contributed by atoms with Crippen molar-refractivity contribution in [1.29, 1.82) is 0 Å². The molecule has 0 fully saturated rings. The minimum Gasteiger partial charge on any atom is -0.452 e. The minimum atomic E-state index is -4.47. The Morgan fingerprint density at radius 1 is 0.931 bits per heavy atom. The summed E-state index contributed by atoms with van der Waals surface area (Å²) in [6, 6.07) is 10.5. The largest absolute Gasteiger partial charge is 0.452 e. The van der Waals surface area contributed by atoms with Crippen LogP contribution >= 0.6 is 0 Å². The molecule has 0 aliphatic carbocycles. The van der Waals surface area contributed by atoms with Crippen LogP contribution in [0.25, 0.3) is 0 Å². The standard InChI is InChI=1S/C20H19F3N2O4/c1-12(19(28)25-17-9-5-15(6-10-17)20(21,22)23)29-18(27)11-14-3-7-16(8-4-14)24-13(2)26/h3-10,12H,11H2,1-2H3,(H,24,26)(H,25,28)/t12-/m1/s1. The van der Waals surface area contributed by atoms with E-state index in [1.165, 1.54) is 13.8 Å². The molecule has 154 valence electrons. The molecule has 0 saturated heterocycles. The van der Waals surface area contributed by atoms with Crippen LogP contribution in [0.1, 0.15) is 25.0 Å². The van der Waals surface area contributed by atoms with E-state index in [9.17, 15) is 27.6 Å². The van der Waals surface area contributed by atoms with Crippen molar-refractivity contribution < 1.29 is 32.3 Å². The monoisotopic (exact) mass is 408 g/mol. The van der Waals surface area contributed by atoms with Gasteiger partial charge in [-0.15, -0.1) is 0 Å². The summed E-state index contributed by atoms with van der Waals surface area (Å²) in [6.07, 6.45) is -5.69. The molecule has 2 amide bonds. The first-order valence-electron chi connectivity index (χ1n) is 8.59. The van der Waals surface area contributed by atoms with Crippen LogP contribution in [0.4, 0.5) is 24.5 Å². The molecule has 2 N–H and O–H groups in total. The van der Waals surface area contributed by atoms with Crippen molar-refractivity contribution in [3.8, 4) is 0 Å². The van der Waals surface area contributed by atoms with Gasteiger partial charge in [-0.05, 0) is 48.9 Å². The van der Waals surface area contributed by atoms with Crippen LogP contribution in [-0.2, 0) is 31.7 Å². The number of carbonyl (C=O) groups is 3. The lowest BCUT2D eigenvalue weighted by molar-refractivity contribution is -0.152. The van der Waals surface area contributed by atoms with Crippen LogP contribution < -0.4 is 10.6 Å². The number of nitrogens with one attached hydrogen (secondary N) is 2. The van der Waals surface area contributed by atoms with Crippen molar-refractivity contribution in [2.45, 2.75) is 32.5 Å². The molecule has 0 aliphatic rings. The van der Waals surface area contributed by atoms with Crippen molar-refractivity contribution in [1.82, 2.24) is 0 Å². The fourth-order valence-electron chi connectivity index (χ4n) is 2.35. The number of carbonyl (C=O) groups excluding carboxylic acids is 3. The van der Waals surface area contributed by atoms with Crippen LogP contribution in [-0.4, -0.2) is 23.9 Å². The SMILES string of the molecule is CC(=O)Nc1ccc(CC(=O)O[C@H](C)C(=O)Nc2ccc(C(F)(F)F)cc2)cc1. The van der Waals surface area contributed by atoms with Crippen molar-refractivity contribution in [2.75, 3.05) is 10.6 Å². The third-order valence-electron chi connectivity index (χ3n) is 3.78. The van der Waals surface area contributed by atoms with Crippen molar-refractivity contribution in [3.63, 3.8) is 0 Å². The second kappa shape index (κ2) is 9.22. The van der Waals surface area contributed by atoms with Gasteiger partial charge < -0.3 is 15.4 Å². The van der Waals surface area contributed by atoms with E-state index in [0.29, 0.717) is 11.3 Å². The average molecular weight is 408 g/mol. The topological polar surface area (TPSA) is 84.5 Å². The highest BCUT2D eigenvalue weighted by Gasteiger charge is 2.30.